The third kappa shape index (κ3) is 5.13. The van der Waals surface area contributed by atoms with Gasteiger partial charge in [0.2, 0.25) is 5.79 Å². The van der Waals surface area contributed by atoms with E-state index in [9.17, 15) is 35.1 Å². The lowest BCUT2D eigenvalue weighted by Gasteiger charge is -2.34. The molecule has 0 bridgehead atoms. The van der Waals surface area contributed by atoms with Gasteiger partial charge in [0.05, 0.1) is 12.0 Å². The van der Waals surface area contributed by atoms with E-state index in [1.165, 1.54) is 12.1 Å². The highest BCUT2D eigenvalue weighted by Gasteiger charge is 2.41. The number of carboxylic acids is 1. The van der Waals surface area contributed by atoms with Crippen LogP contribution < -0.4 is 4.74 Å². The van der Waals surface area contributed by atoms with E-state index < -0.39 is 47.4 Å². The predicted octanol–water partition coefficient (Wildman–Crippen LogP) is 3.91. The van der Waals surface area contributed by atoms with Crippen LogP contribution in [-0.2, 0) is 12.8 Å². The average molecular weight is 444 g/mol. The van der Waals surface area contributed by atoms with Gasteiger partial charge < -0.3 is 30.3 Å². The van der Waals surface area contributed by atoms with Gasteiger partial charge in [0.15, 0.2) is 5.78 Å². The van der Waals surface area contributed by atoms with Crippen LogP contribution in [0.3, 0.4) is 0 Å². The number of carboxylic acid groups (broad SMARTS) is 1. The van der Waals surface area contributed by atoms with Gasteiger partial charge in [-0.25, -0.2) is 4.79 Å². The number of Topliss-reactive ketones (excluding diaryl/α,β-unsaturated/α-hetero) is 1. The third-order valence-electron chi connectivity index (χ3n) is 5.60. The maximum absolute atomic E-state index is 13.0. The Morgan fingerprint density at radius 2 is 1.66 bits per heavy atom. The zero-order valence-corrected chi connectivity index (χ0v) is 17.9. The smallest absolute Gasteiger partial charge is 0.339 e. The molecule has 0 amide bonds. The van der Waals surface area contributed by atoms with Gasteiger partial charge in [-0.05, 0) is 36.1 Å². The Kier molecular flexibility index (Phi) is 6.93. The van der Waals surface area contributed by atoms with E-state index in [1.807, 2.05) is 0 Å². The normalized spacial score (nSPS) is 17.6. The highest BCUT2D eigenvalue weighted by atomic mass is 16.6. The summed E-state index contributed by atoms with van der Waals surface area (Å²) in [5.74, 6) is -5.09. The molecule has 5 N–H and O–H groups in total. The van der Waals surface area contributed by atoms with Crippen LogP contribution in [-0.4, -0.2) is 43.1 Å². The quantitative estimate of drug-likeness (QED) is 0.366. The summed E-state index contributed by atoms with van der Waals surface area (Å²) in [7, 11) is 0. The number of ketones is 1. The molecule has 0 radical (unpaired) electrons. The number of benzene rings is 2. The summed E-state index contributed by atoms with van der Waals surface area (Å²) in [4.78, 5) is 24.5. The molecule has 1 aliphatic heterocycles. The summed E-state index contributed by atoms with van der Waals surface area (Å²) >= 11 is 0. The molecule has 8 nitrogen and oxygen atoms in total. The van der Waals surface area contributed by atoms with E-state index in [2.05, 4.69) is 6.92 Å². The van der Waals surface area contributed by atoms with Gasteiger partial charge >= 0.3 is 5.97 Å². The van der Waals surface area contributed by atoms with Crippen molar-refractivity contribution in [3.63, 3.8) is 0 Å². The Morgan fingerprint density at radius 3 is 2.34 bits per heavy atom. The lowest BCUT2D eigenvalue weighted by atomic mass is 9.88. The molecule has 0 fully saturated rings. The fourth-order valence-electron chi connectivity index (χ4n) is 4.20. The molecule has 0 saturated heterocycles. The number of hydrogen-bond donors (Lipinski definition) is 5. The Hall–Kier alpha value is -3.26. The van der Waals surface area contributed by atoms with Crippen LogP contribution in [0.1, 0.15) is 77.3 Å². The molecule has 0 aromatic heterocycles. The number of unbranched alkanes of at least 4 members (excludes halogenated alkanes) is 4. The Balaban J connectivity index is 1.88. The number of rotatable bonds is 9. The van der Waals surface area contributed by atoms with Crippen molar-refractivity contribution in [2.75, 3.05) is 0 Å². The van der Waals surface area contributed by atoms with Crippen LogP contribution in [0.4, 0.5) is 0 Å². The summed E-state index contributed by atoms with van der Waals surface area (Å²) in [5.41, 5.74) is 0.358. The van der Waals surface area contributed by atoms with E-state index in [1.54, 1.807) is 0 Å². The van der Waals surface area contributed by atoms with Crippen LogP contribution in [0.25, 0.3) is 0 Å². The fourth-order valence-corrected chi connectivity index (χ4v) is 4.20. The first-order chi connectivity index (χ1) is 15.1. The van der Waals surface area contributed by atoms with Gasteiger partial charge in [-0.3, -0.25) is 4.79 Å². The number of hydrogen-bond acceptors (Lipinski definition) is 7. The molecule has 2 aromatic carbocycles. The van der Waals surface area contributed by atoms with Crippen LogP contribution in [0.5, 0.6) is 23.0 Å². The van der Waals surface area contributed by atoms with E-state index in [0.717, 1.165) is 44.2 Å². The minimum atomic E-state index is -2.11. The van der Waals surface area contributed by atoms with Crippen LogP contribution >= 0.6 is 0 Å². The summed E-state index contributed by atoms with van der Waals surface area (Å²) in [6.07, 6.45) is 4.85. The summed E-state index contributed by atoms with van der Waals surface area (Å²) in [6, 6.07) is 4.74. The first-order valence-electron chi connectivity index (χ1n) is 10.7. The second-order valence-electron chi connectivity index (χ2n) is 8.27. The first-order valence-corrected chi connectivity index (χ1v) is 10.7. The topological polar surface area (TPSA) is 145 Å². The van der Waals surface area contributed by atoms with Crippen molar-refractivity contribution in [3.8, 4) is 23.0 Å². The van der Waals surface area contributed by atoms with Crippen molar-refractivity contribution in [1.82, 2.24) is 0 Å². The molecule has 8 heteroatoms. The van der Waals surface area contributed by atoms with Crippen molar-refractivity contribution in [2.45, 2.75) is 64.1 Å². The molecule has 1 aliphatic rings. The molecule has 0 spiro atoms. The first kappa shape index (κ1) is 23.4. The molecular formula is C24H28O8. The molecule has 32 heavy (non-hydrogen) atoms. The molecule has 1 heterocycles. The van der Waals surface area contributed by atoms with Crippen LogP contribution in [0.15, 0.2) is 24.3 Å². The number of phenolic OH excluding ortho intramolecular Hbond substituents is 2. The summed E-state index contributed by atoms with van der Waals surface area (Å²) in [6.45, 7) is 2.13. The number of carbonyl (C=O) groups excluding carboxylic acids is 1. The molecule has 0 saturated carbocycles. The standard InChI is InChI=1S/C24H28O8/c1-2-3-4-5-6-7-14-8-17(26)11-20-21(14)19(28)13-24(31,32-20)12-15-9-16(25)10-18(27)22(15)23(29)30/h8-11,25-27,31H,2-7,12-13H2,1H3,(H,29,30). The number of phenols is 3. The van der Waals surface area contributed by atoms with E-state index in [0.29, 0.717) is 17.5 Å². The monoisotopic (exact) mass is 444 g/mol. The lowest BCUT2D eigenvalue weighted by Crippen LogP contribution is -2.44. The van der Waals surface area contributed by atoms with Crippen LogP contribution in [0, 0.1) is 0 Å². The van der Waals surface area contributed by atoms with Crippen LogP contribution in [0.2, 0.25) is 0 Å². The van der Waals surface area contributed by atoms with Gasteiger partial charge in [0, 0.05) is 18.6 Å². The minimum absolute atomic E-state index is 0.0218. The number of aromatic carboxylic acids is 1. The number of aliphatic hydroxyl groups is 1. The molecule has 172 valence electrons. The number of ether oxygens (including phenoxy) is 1. The van der Waals surface area contributed by atoms with Crippen molar-refractivity contribution < 1.29 is 39.9 Å². The number of aromatic hydroxyl groups is 3. The molecule has 2 aromatic rings. The van der Waals surface area contributed by atoms with E-state index in [4.69, 9.17) is 4.74 Å². The molecule has 1 unspecified atom stereocenters. The largest absolute Gasteiger partial charge is 0.508 e. The van der Waals surface area contributed by atoms with Gasteiger partial charge in [-0.2, -0.15) is 0 Å². The Bertz CT molecular complexity index is 1030. The van der Waals surface area contributed by atoms with Gasteiger partial charge in [0.25, 0.3) is 0 Å². The van der Waals surface area contributed by atoms with Gasteiger partial charge in [-0.15, -0.1) is 0 Å². The SMILES string of the molecule is CCCCCCCc1cc(O)cc2c1C(=O)CC(O)(Cc1cc(O)cc(O)c1C(=O)O)O2. The fraction of sp³-hybridized carbons (Fsp3) is 0.417. The maximum Gasteiger partial charge on any atom is 0.339 e. The van der Waals surface area contributed by atoms with Crippen molar-refractivity contribution >= 4 is 11.8 Å². The van der Waals surface area contributed by atoms with Crippen molar-refractivity contribution in [3.05, 3.63) is 46.5 Å². The molecule has 0 aliphatic carbocycles. The van der Waals surface area contributed by atoms with E-state index >= 15 is 0 Å². The molecule has 3 rings (SSSR count). The zero-order valence-electron chi connectivity index (χ0n) is 17.9. The highest BCUT2D eigenvalue weighted by molar-refractivity contribution is 6.02. The molecule has 1 atom stereocenters. The van der Waals surface area contributed by atoms with E-state index in [-0.39, 0.29) is 17.1 Å². The predicted molar refractivity (Wildman–Crippen MR) is 116 cm³/mol. The second-order valence-corrected chi connectivity index (χ2v) is 8.27. The third-order valence-corrected chi connectivity index (χ3v) is 5.60. The van der Waals surface area contributed by atoms with Gasteiger partial charge in [0.1, 0.15) is 28.6 Å². The maximum atomic E-state index is 13.0. The summed E-state index contributed by atoms with van der Waals surface area (Å²) < 4.78 is 5.69. The second kappa shape index (κ2) is 9.48. The van der Waals surface area contributed by atoms with Crippen molar-refractivity contribution in [1.29, 1.82) is 0 Å². The Morgan fingerprint density at radius 1 is 1.00 bits per heavy atom. The Labute approximate surface area is 185 Å². The van der Waals surface area contributed by atoms with Crippen molar-refractivity contribution in [2.24, 2.45) is 0 Å². The average Bonchev–Trinajstić information content (AvgIpc) is 2.65. The number of carbonyl (C=O) groups is 2. The minimum Gasteiger partial charge on any atom is -0.508 e. The zero-order chi connectivity index (χ0) is 23.5. The summed E-state index contributed by atoms with van der Waals surface area (Å²) in [5, 5.41) is 50.2. The molecular weight excluding hydrogens is 416 g/mol. The number of aryl methyl sites for hydroxylation is 1. The van der Waals surface area contributed by atoms with Gasteiger partial charge in [-0.1, -0.05) is 32.6 Å². The highest BCUT2D eigenvalue weighted by Crippen LogP contribution is 2.40. The lowest BCUT2D eigenvalue weighted by molar-refractivity contribution is -0.138. The number of fused-ring (bicyclic) bond motifs is 1.